The van der Waals surface area contributed by atoms with Gasteiger partial charge >= 0.3 is 0 Å². The molecule has 3 aromatic rings. The standard InChI is InChI=1S/C25H29N3O4S2/c1-25(2,3)18-9-11-19(12-10-18)34(30,31)28-15-13-27(14-16-28)24(29)21-17-33-23(26-21)20-7-5-6-8-22(20)32-4/h5-12,17H,13-16H2,1-4H3. The molecule has 0 unspecified atom stereocenters. The van der Waals surface area contributed by atoms with Gasteiger partial charge in [0, 0.05) is 31.6 Å². The summed E-state index contributed by atoms with van der Waals surface area (Å²) in [6, 6.07) is 14.6. The van der Waals surface area contributed by atoms with Gasteiger partial charge < -0.3 is 9.64 Å². The fraction of sp³-hybridized carbons (Fsp3) is 0.360. The Hall–Kier alpha value is -2.75. The van der Waals surface area contributed by atoms with Crippen LogP contribution in [-0.2, 0) is 15.4 Å². The summed E-state index contributed by atoms with van der Waals surface area (Å²) < 4.78 is 33.1. The minimum Gasteiger partial charge on any atom is -0.496 e. The molecule has 1 fully saturated rings. The minimum atomic E-state index is -3.61. The third-order valence-corrected chi connectivity index (χ3v) is 8.73. The first-order chi connectivity index (χ1) is 16.1. The smallest absolute Gasteiger partial charge is 0.273 e. The van der Waals surface area contributed by atoms with Crippen molar-refractivity contribution in [1.29, 1.82) is 0 Å². The quantitative estimate of drug-likeness (QED) is 0.524. The molecule has 4 rings (SSSR count). The number of benzene rings is 2. The van der Waals surface area contributed by atoms with Crippen molar-refractivity contribution in [2.45, 2.75) is 31.1 Å². The number of hydrogen-bond acceptors (Lipinski definition) is 6. The zero-order chi connectivity index (χ0) is 24.5. The van der Waals surface area contributed by atoms with E-state index in [4.69, 9.17) is 4.74 Å². The van der Waals surface area contributed by atoms with Crippen molar-refractivity contribution >= 4 is 27.3 Å². The van der Waals surface area contributed by atoms with Crippen LogP contribution in [0, 0.1) is 0 Å². The van der Waals surface area contributed by atoms with Gasteiger partial charge in [0.25, 0.3) is 5.91 Å². The summed E-state index contributed by atoms with van der Waals surface area (Å²) in [5.41, 5.74) is 2.23. The van der Waals surface area contributed by atoms with Gasteiger partial charge in [-0.2, -0.15) is 4.31 Å². The minimum absolute atomic E-state index is 0.0462. The van der Waals surface area contributed by atoms with E-state index in [0.29, 0.717) is 29.5 Å². The van der Waals surface area contributed by atoms with Gasteiger partial charge in [-0.3, -0.25) is 4.79 Å². The number of piperazine rings is 1. The number of aromatic nitrogens is 1. The first-order valence-corrected chi connectivity index (χ1v) is 13.4. The average molecular weight is 500 g/mol. The molecule has 2 heterocycles. The highest BCUT2D eigenvalue weighted by Crippen LogP contribution is 2.32. The molecular weight excluding hydrogens is 470 g/mol. The van der Waals surface area contributed by atoms with Crippen LogP contribution in [0.5, 0.6) is 5.75 Å². The van der Waals surface area contributed by atoms with E-state index >= 15 is 0 Å². The molecule has 34 heavy (non-hydrogen) atoms. The van der Waals surface area contributed by atoms with Crippen molar-refractivity contribution in [1.82, 2.24) is 14.2 Å². The van der Waals surface area contributed by atoms with Crippen LogP contribution >= 0.6 is 11.3 Å². The molecule has 0 saturated carbocycles. The van der Waals surface area contributed by atoms with Crippen LogP contribution in [0.15, 0.2) is 58.8 Å². The maximum atomic E-state index is 13.1. The van der Waals surface area contributed by atoms with E-state index in [1.54, 1.807) is 29.5 Å². The van der Waals surface area contributed by atoms with Gasteiger partial charge in [0.15, 0.2) is 0 Å². The summed E-state index contributed by atoms with van der Waals surface area (Å²) in [5.74, 6) is 0.508. The first-order valence-electron chi connectivity index (χ1n) is 11.1. The van der Waals surface area contributed by atoms with Crippen LogP contribution in [0.3, 0.4) is 0 Å². The van der Waals surface area contributed by atoms with Crippen molar-refractivity contribution in [2.75, 3.05) is 33.3 Å². The highest BCUT2D eigenvalue weighted by Gasteiger charge is 2.31. The van der Waals surface area contributed by atoms with Crippen LogP contribution in [0.4, 0.5) is 0 Å². The van der Waals surface area contributed by atoms with Crippen molar-refractivity contribution in [3.8, 4) is 16.3 Å². The van der Waals surface area contributed by atoms with Crippen LogP contribution in [0.25, 0.3) is 10.6 Å². The Morgan fingerprint density at radius 1 is 1.00 bits per heavy atom. The molecule has 7 nitrogen and oxygen atoms in total. The van der Waals surface area contributed by atoms with Crippen molar-refractivity contribution in [2.24, 2.45) is 0 Å². The molecule has 1 amide bonds. The second-order valence-corrected chi connectivity index (χ2v) is 12.0. The fourth-order valence-corrected chi connectivity index (χ4v) is 6.13. The van der Waals surface area contributed by atoms with Crippen LogP contribution in [0.1, 0.15) is 36.8 Å². The molecule has 1 saturated heterocycles. The molecule has 1 aromatic heterocycles. The molecule has 1 aliphatic rings. The lowest BCUT2D eigenvalue weighted by atomic mass is 9.87. The fourth-order valence-electron chi connectivity index (χ4n) is 3.89. The normalized spacial score (nSPS) is 15.4. The zero-order valence-corrected chi connectivity index (χ0v) is 21.4. The molecule has 0 atom stereocenters. The lowest BCUT2D eigenvalue weighted by Gasteiger charge is -2.33. The average Bonchev–Trinajstić information content (AvgIpc) is 3.33. The van der Waals surface area contributed by atoms with Crippen LogP contribution < -0.4 is 4.74 Å². The van der Waals surface area contributed by atoms with E-state index in [9.17, 15) is 13.2 Å². The molecule has 0 spiro atoms. The summed E-state index contributed by atoms with van der Waals surface area (Å²) >= 11 is 1.38. The molecule has 0 radical (unpaired) electrons. The number of carbonyl (C=O) groups excluding carboxylic acids is 1. The number of thiazole rings is 1. The molecule has 2 aromatic carbocycles. The van der Waals surface area contributed by atoms with E-state index in [1.165, 1.54) is 15.6 Å². The summed E-state index contributed by atoms with van der Waals surface area (Å²) in [4.78, 5) is 19.5. The number of ether oxygens (including phenoxy) is 1. The molecule has 0 N–H and O–H groups in total. The lowest BCUT2D eigenvalue weighted by molar-refractivity contribution is 0.0693. The number of hydrogen-bond donors (Lipinski definition) is 0. The summed E-state index contributed by atoms with van der Waals surface area (Å²) in [5, 5.41) is 2.45. The molecule has 9 heteroatoms. The Morgan fingerprint density at radius 3 is 2.26 bits per heavy atom. The number of amides is 1. The summed E-state index contributed by atoms with van der Waals surface area (Å²) in [6.07, 6.45) is 0. The number of para-hydroxylation sites is 1. The van der Waals surface area contributed by atoms with Gasteiger partial charge in [-0.15, -0.1) is 11.3 Å². The predicted octanol–water partition coefficient (Wildman–Crippen LogP) is 4.26. The van der Waals surface area contributed by atoms with Gasteiger partial charge in [0.2, 0.25) is 10.0 Å². The molecule has 0 bridgehead atoms. The van der Waals surface area contributed by atoms with Crippen LogP contribution in [0.2, 0.25) is 0 Å². The molecule has 0 aliphatic carbocycles. The van der Waals surface area contributed by atoms with Crippen molar-refractivity contribution in [3.63, 3.8) is 0 Å². The third kappa shape index (κ3) is 4.87. The second kappa shape index (κ2) is 9.48. The Morgan fingerprint density at radius 2 is 1.65 bits per heavy atom. The van der Waals surface area contributed by atoms with Gasteiger partial charge in [-0.1, -0.05) is 45.0 Å². The van der Waals surface area contributed by atoms with Crippen molar-refractivity contribution < 1.29 is 17.9 Å². The first kappa shape index (κ1) is 24.4. The Labute approximate surface area is 205 Å². The maximum absolute atomic E-state index is 13.1. The summed E-state index contributed by atoms with van der Waals surface area (Å²) in [6.45, 7) is 7.41. The monoisotopic (exact) mass is 499 g/mol. The number of nitrogens with zero attached hydrogens (tertiary/aromatic N) is 3. The van der Waals surface area contributed by atoms with Gasteiger partial charge in [-0.05, 0) is 35.2 Å². The SMILES string of the molecule is COc1ccccc1-c1nc(C(=O)N2CCN(S(=O)(=O)c3ccc(C(C)(C)C)cc3)CC2)cs1. The van der Waals surface area contributed by atoms with E-state index in [0.717, 1.165) is 11.1 Å². The van der Waals surface area contributed by atoms with E-state index in [1.807, 2.05) is 36.4 Å². The highest BCUT2D eigenvalue weighted by molar-refractivity contribution is 7.89. The van der Waals surface area contributed by atoms with Crippen LogP contribution in [-0.4, -0.2) is 61.8 Å². The van der Waals surface area contributed by atoms with E-state index in [2.05, 4.69) is 25.8 Å². The number of sulfonamides is 1. The Balaban J connectivity index is 1.43. The second-order valence-electron chi connectivity index (χ2n) is 9.21. The molecular formula is C25H29N3O4S2. The number of carbonyl (C=O) groups is 1. The maximum Gasteiger partial charge on any atom is 0.273 e. The topological polar surface area (TPSA) is 79.8 Å². The summed E-state index contributed by atoms with van der Waals surface area (Å²) in [7, 11) is -2.01. The van der Waals surface area contributed by atoms with Gasteiger partial charge in [-0.25, -0.2) is 13.4 Å². The van der Waals surface area contributed by atoms with Crippen molar-refractivity contribution in [3.05, 3.63) is 65.2 Å². The predicted molar refractivity (Wildman–Crippen MR) is 134 cm³/mol. The largest absolute Gasteiger partial charge is 0.496 e. The zero-order valence-electron chi connectivity index (χ0n) is 19.8. The highest BCUT2D eigenvalue weighted by atomic mass is 32.2. The molecule has 1 aliphatic heterocycles. The van der Waals surface area contributed by atoms with Gasteiger partial charge in [0.1, 0.15) is 16.5 Å². The lowest BCUT2D eigenvalue weighted by Crippen LogP contribution is -2.50. The Bertz CT molecular complexity index is 1270. The van der Waals surface area contributed by atoms with E-state index in [-0.39, 0.29) is 29.3 Å². The number of rotatable bonds is 5. The number of methoxy groups -OCH3 is 1. The van der Waals surface area contributed by atoms with Gasteiger partial charge in [0.05, 0.1) is 17.6 Å². The third-order valence-electron chi connectivity index (χ3n) is 5.94. The Kier molecular flexibility index (Phi) is 6.80. The van der Waals surface area contributed by atoms with E-state index < -0.39 is 10.0 Å². The molecule has 180 valence electrons.